The van der Waals surface area contributed by atoms with Crippen LogP contribution in [0.15, 0.2) is 102 Å². The number of carbonyl (C=O) groups is 2. The highest BCUT2D eigenvalue weighted by Crippen LogP contribution is 2.44. The van der Waals surface area contributed by atoms with Gasteiger partial charge >= 0.3 is 0 Å². The maximum Gasteiger partial charge on any atom is 0.300 e. The lowest BCUT2D eigenvalue weighted by atomic mass is 9.99. The molecular weight excluding hydrogens is 462 g/mol. The first-order valence-electron chi connectivity index (χ1n) is 10.9. The number of nitrogens with zero attached hydrogens (tertiary/aromatic N) is 1. The van der Waals surface area contributed by atoms with Crippen molar-refractivity contribution >= 4 is 34.5 Å². The Kier molecular flexibility index (Phi) is 6.08. The van der Waals surface area contributed by atoms with E-state index in [0.29, 0.717) is 28.5 Å². The number of carbonyl (C=O) groups excluding carboxylic acids is 2. The summed E-state index contributed by atoms with van der Waals surface area (Å²) in [4.78, 5) is 28.6. The Morgan fingerprint density at radius 3 is 2.11 bits per heavy atom. The lowest BCUT2D eigenvalue weighted by molar-refractivity contribution is -0.132. The Labute approximate surface area is 206 Å². The number of aliphatic hydroxyl groups excluding tert-OH is 1. The summed E-state index contributed by atoms with van der Waals surface area (Å²) in [6.07, 6.45) is 0. The number of rotatable bonds is 6. The number of amides is 1. The first-order chi connectivity index (χ1) is 17.1. The molecule has 4 aromatic rings. The summed E-state index contributed by atoms with van der Waals surface area (Å²) in [5.41, 5.74) is 1.00. The van der Waals surface area contributed by atoms with Crippen molar-refractivity contribution in [2.45, 2.75) is 6.04 Å². The summed E-state index contributed by atoms with van der Waals surface area (Å²) in [6.45, 7) is 0. The second kappa shape index (κ2) is 9.48. The number of hydrogen-bond acceptors (Lipinski definition) is 6. The van der Waals surface area contributed by atoms with E-state index >= 15 is 0 Å². The molecular formula is C28H21NO5S. The number of methoxy groups -OCH3 is 1. The number of benzene rings is 3. The largest absolute Gasteiger partial charge is 0.507 e. The van der Waals surface area contributed by atoms with Crippen LogP contribution in [0.2, 0.25) is 0 Å². The van der Waals surface area contributed by atoms with Crippen LogP contribution in [-0.2, 0) is 9.59 Å². The fraction of sp³-hybridized carbons (Fsp3) is 0.0714. The molecule has 1 N–H and O–H groups in total. The molecule has 5 rings (SSSR count). The van der Waals surface area contributed by atoms with Crippen LogP contribution in [0.5, 0.6) is 17.2 Å². The number of aliphatic hydroxyl groups is 1. The first kappa shape index (κ1) is 22.4. The summed E-state index contributed by atoms with van der Waals surface area (Å²) < 4.78 is 11.0. The topological polar surface area (TPSA) is 76.1 Å². The zero-order valence-corrected chi connectivity index (χ0v) is 19.6. The standard InChI is InChI=1S/C28H21NO5S/c1-33-20-13-9-18(10-14-20)26(30)24-25(23-8-5-17-35-23)29(28(32)27(24)31)19-11-15-22(16-12-19)34-21-6-3-2-4-7-21/h2-17,25,30H,1H3/b26-24-. The molecule has 1 aliphatic heterocycles. The fourth-order valence-electron chi connectivity index (χ4n) is 4.02. The molecule has 1 fully saturated rings. The molecule has 3 aromatic carbocycles. The molecule has 2 heterocycles. The van der Waals surface area contributed by atoms with Gasteiger partial charge in [-0.05, 0) is 72.1 Å². The van der Waals surface area contributed by atoms with Gasteiger partial charge in [0.15, 0.2) is 0 Å². The average Bonchev–Trinajstić information content (AvgIpc) is 3.52. The van der Waals surface area contributed by atoms with Gasteiger partial charge in [0.05, 0.1) is 12.7 Å². The molecule has 1 unspecified atom stereocenters. The van der Waals surface area contributed by atoms with Gasteiger partial charge in [0.1, 0.15) is 29.0 Å². The minimum Gasteiger partial charge on any atom is -0.507 e. The third kappa shape index (κ3) is 4.29. The van der Waals surface area contributed by atoms with E-state index in [9.17, 15) is 14.7 Å². The quantitative estimate of drug-likeness (QED) is 0.201. The average molecular weight is 484 g/mol. The molecule has 7 heteroatoms. The Morgan fingerprint density at radius 1 is 0.829 bits per heavy atom. The lowest BCUT2D eigenvalue weighted by Crippen LogP contribution is -2.29. The predicted molar refractivity (Wildman–Crippen MR) is 135 cm³/mol. The Hall–Kier alpha value is -4.36. The molecule has 1 atom stereocenters. The van der Waals surface area contributed by atoms with Gasteiger partial charge in [0, 0.05) is 16.1 Å². The molecule has 0 aliphatic carbocycles. The number of hydrogen-bond donors (Lipinski definition) is 1. The monoisotopic (exact) mass is 483 g/mol. The molecule has 0 saturated carbocycles. The Morgan fingerprint density at radius 2 is 1.49 bits per heavy atom. The molecule has 1 aliphatic rings. The molecule has 1 amide bonds. The van der Waals surface area contributed by atoms with Crippen LogP contribution in [0.4, 0.5) is 5.69 Å². The highest BCUT2D eigenvalue weighted by Gasteiger charge is 2.47. The van der Waals surface area contributed by atoms with Gasteiger partial charge in [0.25, 0.3) is 11.7 Å². The summed E-state index contributed by atoms with van der Waals surface area (Å²) in [7, 11) is 1.55. The van der Waals surface area contributed by atoms with Crippen molar-refractivity contribution in [1.29, 1.82) is 0 Å². The number of ether oxygens (including phenoxy) is 2. The third-order valence-corrected chi connectivity index (χ3v) is 6.64. The normalized spacial score (nSPS) is 16.9. The van der Waals surface area contributed by atoms with E-state index in [1.165, 1.54) is 16.2 Å². The summed E-state index contributed by atoms with van der Waals surface area (Å²) >= 11 is 1.41. The van der Waals surface area contributed by atoms with Crippen LogP contribution in [-0.4, -0.2) is 23.9 Å². The van der Waals surface area contributed by atoms with Gasteiger partial charge in [-0.1, -0.05) is 24.3 Å². The van der Waals surface area contributed by atoms with E-state index in [2.05, 4.69) is 0 Å². The Balaban J connectivity index is 1.54. The first-order valence-corrected chi connectivity index (χ1v) is 11.8. The zero-order valence-electron chi connectivity index (χ0n) is 18.8. The lowest BCUT2D eigenvalue weighted by Gasteiger charge is -2.24. The zero-order chi connectivity index (χ0) is 24.4. The van der Waals surface area contributed by atoms with Crippen LogP contribution in [0.25, 0.3) is 5.76 Å². The maximum atomic E-state index is 13.2. The molecule has 35 heavy (non-hydrogen) atoms. The van der Waals surface area contributed by atoms with Crippen molar-refractivity contribution in [1.82, 2.24) is 0 Å². The van der Waals surface area contributed by atoms with Crippen LogP contribution in [0.3, 0.4) is 0 Å². The van der Waals surface area contributed by atoms with Crippen molar-refractivity contribution in [2.24, 2.45) is 0 Å². The summed E-state index contributed by atoms with van der Waals surface area (Å²) in [6, 6.07) is 26.0. The SMILES string of the molecule is COc1ccc(/C(O)=C2/C(=O)C(=O)N(c3ccc(Oc4ccccc4)cc3)C2c2cccs2)cc1. The van der Waals surface area contributed by atoms with Gasteiger partial charge in [-0.3, -0.25) is 14.5 Å². The second-order valence-electron chi connectivity index (χ2n) is 7.82. The third-order valence-electron chi connectivity index (χ3n) is 5.71. The number of ketones is 1. The predicted octanol–water partition coefficient (Wildman–Crippen LogP) is 6.18. The Bertz CT molecular complexity index is 1380. The fourth-order valence-corrected chi connectivity index (χ4v) is 4.84. The minimum absolute atomic E-state index is 0.0484. The van der Waals surface area contributed by atoms with Gasteiger partial charge in [-0.2, -0.15) is 0 Å². The molecule has 6 nitrogen and oxygen atoms in total. The van der Waals surface area contributed by atoms with Crippen molar-refractivity contribution < 1.29 is 24.2 Å². The molecule has 174 valence electrons. The number of thiophene rings is 1. The van der Waals surface area contributed by atoms with E-state index in [1.54, 1.807) is 55.6 Å². The minimum atomic E-state index is -0.752. The van der Waals surface area contributed by atoms with Crippen LogP contribution >= 0.6 is 11.3 Å². The van der Waals surface area contributed by atoms with Crippen LogP contribution in [0, 0.1) is 0 Å². The van der Waals surface area contributed by atoms with E-state index < -0.39 is 17.7 Å². The van der Waals surface area contributed by atoms with E-state index in [0.717, 1.165) is 4.88 Å². The number of para-hydroxylation sites is 1. The van der Waals surface area contributed by atoms with Crippen LogP contribution in [0.1, 0.15) is 16.5 Å². The van der Waals surface area contributed by atoms with Crippen LogP contribution < -0.4 is 14.4 Å². The van der Waals surface area contributed by atoms with Gasteiger partial charge in [0.2, 0.25) is 0 Å². The van der Waals surface area contributed by atoms with Crippen molar-refractivity contribution in [3.05, 3.63) is 112 Å². The van der Waals surface area contributed by atoms with E-state index in [-0.39, 0.29) is 11.3 Å². The van der Waals surface area contributed by atoms with E-state index in [1.807, 2.05) is 47.8 Å². The smallest absolute Gasteiger partial charge is 0.300 e. The molecule has 0 bridgehead atoms. The highest BCUT2D eigenvalue weighted by atomic mass is 32.1. The van der Waals surface area contributed by atoms with Gasteiger partial charge < -0.3 is 14.6 Å². The summed E-state index contributed by atoms with van der Waals surface area (Å²) in [5, 5.41) is 13.0. The molecule has 1 aromatic heterocycles. The van der Waals surface area contributed by atoms with E-state index in [4.69, 9.17) is 9.47 Å². The molecule has 0 radical (unpaired) electrons. The maximum absolute atomic E-state index is 13.2. The van der Waals surface area contributed by atoms with Crippen molar-refractivity contribution in [3.8, 4) is 17.2 Å². The summed E-state index contributed by atoms with van der Waals surface area (Å²) in [5.74, 6) is 0.253. The molecule has 1 saturated heterocycles. The second-order valence-corrected chi connectivity index (χ2v) is 8.80. The molecule has 0 spiro atoms. The highest BCUT2D eigenvalue weighted by molar-refractivity contribution is 7.10. The number of anilines is 1. The van der Waals surface area contributed by atoms with Crippen molar-refractivity contribution in [3.63, 3.8) is 0 Å². The van der Waals surface area contributed by atoms with Gasteiger partial charge in [-0.15, -0.1) is 11.3 Å². The van der Waals surface area contributed by atoms with Gasteiger partial charge in [-0.25, -0.2) is 0 Å². The van der Waals surface area contributed by atoms with Crippen molar-refractivity contribution in [2.75, 3.05) is 12.0 Å². The number of Topliss-reactive ketones (excluding diaryl/α,β-unsaturated/α-hetero) is 1.